The zero-order valence-electron chi connectivity index (χ0n) is 14.9. The number of nitrogens with zero attached hydrogens (tertiary/aromatic N) is 3. The SMILES string of the molecule is NS(=O)(=O)c1ccc(CNc2nccn3c(-c4ccc(O)cc4)cnc23)cc1Cl. The number of rotatable bonds is 5. The van der Waals surface area contributed by atoms with Gasteiger partial charge in [-0.15, -0.1) is 0 Å². The Labute approximate surface area is 171 Å². The second kappa shape index (κ2) is 7.36. The minimum Gasteiger partial charge on any atom is -0.508 e. The Bertz CT molecular complexity index is 1300. The number of primary sulfonamides is 1. The molecule has 10 heteroatoms. The zero-order chi connectivity index (χ0) is 20.6. The number of sulfonamides is 1. The van der Waals surface area contributed by atoms with Crippen LogP contribution in [0.25, 0.3) is 16.9 Å². The number of fused-ring (bicyclic) bond motifs is 1. The first-order valence-electron chi connectivity index (χ1n) is 8.49. The van der Waals surface area contributed by atoms with Gasteiger partial charge in [0.1, 0.15) is 10.6 Å². The average Bonchev–Trinajstić information content (AvgIpc) is 3.11. The van der Waals surface area contributed by atoms with Crippen LogP contribution >= 0.6 is 11.6 Å². The lowest BCUT2D eigenvalue weighted by Gasteiger charge is -2.09. The van der Waals surface area contributed by atoms with Gasteiger partial charge in [-0.2, -0.15) is 0 Å². The molecule has 0 spiro atoms. The molecule has 4 aromatic rings. The normalized spacial score (nSPS) is 11.7. The van der Waals surface area contributed by atoms with E-state index in [0.717, 1.165) is 16.8 Å². The summed E-state index contributed by atoms with van der Waals surface area (Å²) in [6.45, 7) is 0.360. The topological polar surface area (TPSA) is 123 Å². The van der Waals surface area contributed by atoms with Crippen molar-refractivity contribution >= 4 is 33.1 Å². The summed E-state index contributed by atoms with van der Waals surface area (Å²) >= 11 is 6.04. The van der Waals surface area contributed by atoms with Gasteiger partial charge in [-0.25, -0.2) is 23.5 Å². The van der Waals surface area contributed by atoms with Gasteiger partial charge in [0.15, 0.2) is 11.5 Å². The Kier molecular flexibility index (Phi) is 4.87. The fraction of sp³-hybridized carbons (Fsp3) is 0.0526. The number of anilines is 1. The molecule has 4 N–H and O–H groups in total. The van der Waals surface area contributed by atoms with Crippen LogP contribution in [0.3, 0.4) is 0 Å². The van der Waals surface area contributed by atoms with Crippen LogP contribution < -0.4 is 10.5 Å². The summed E-state index contributed by atoms with van der Waals surface area (Å²) in [5, 5.41) is 17.9. The highest BCUT2D eigenvalue weighted by atomic mass is 35.5. The standard InChI is InChI=1S/C19H16ClN5O3S/c20-15-9-12(1-6-17(15)29(21,27)28)10-23-18-19-24-11-16(25(19)8-7-22-18)13-2-4-14(26)5-3-13/h1-9,11,26H,10H2,(H,22,23)(H2,21,27,28). The number of phenols is 1. The van der Waals surface area contributed by atoms with Crippen LogP contribution in [0, 0.1) is 0 Å². The van der Waals surface area contributed by atoms with E-state index < -0.39 is 10.0 Å². The van der Waals surface area contributed by atoms with Crippen molar-refractivity contribution in [2.45, 2.75) is 11.4 Å². The third-order valence-corrected chi connectivity index (χ3v) is 5.75. The number of nitrogens with one attached hydrogen (secondary N) is 1. The Morgan fingerprint density at radius 2 is 1.90 bits per heavy atom. The molecule has 0 unspecified atom stereocenters. The van der Waals surface area contributed by atoms with Crippen LogP contribution in [-0.4, -0.2) is 27.9 Å². The third kappa shape index (κ3) is 3.88. The van der Waals surface area contributed by atoms with E-state index >= 15 is 0 Å². The summed E-state index contributed by atoms with van der Waals surface area (Å²) < 4.78 is 24.8. The summed E-state index contributed by atoms with van der Waals surface area (Å²) in [6.07, 6.45) is 5.18. The van der Waals surface area contributed by atoms with E-state index in [2.05, 4.69) is 15.3 Å². The van der Waals surface area contributed by atoms with Crippen molar-refractivity contribution in [1.82, 2.24) is 14.4 Å². The Morgan fingerprint density at radius 3 is 2.59 bits per heavy atom. The molecule has 2 heterocycles. The number of aromatic nitrogens is 3. The van der Waals surface area contributed by atoms with Crippen LogP contribution in [-0.2, 0) is 16.6 Å². The van der Waals surface area contributed by atoms with E-state index in [1.165, 1.54) is 6.07 Å². The van der Waals surface area contributed by atoms with Gasteiger partial charge < -0.3 is 10.4 Å². The first kappa shape index (κ1) is 19.2. The van der Waals surface area contributed by atoms with Crippen LogP contribution in [0.1, 0.15) is 5.56 Å². The van der Waals surface area contributed by atoms with Gasteiger partial charge in [0.05, 0.1) is 16.9 Å². The Morgan fingerprint density at radius 1 is 1.14 bits per heavy atom. The lowest BCUT2D eigenvalue weighted by Crippen LogP contribution is -2.13. The molecule has 0 radical (unpaired) electrons. The average molecular weight is 430 g/mol. The third-order valence-electron chi connectivity index (χ3n) is 4.35. The summed E-state index contributed by atoms with van der Waals surface area (Å²) in [5.74, 6) is 0.753. The highest BCUT2D eigenvalue weighted by Gasteiger charge is 2.14. The zero-order valence-corrected chi connectivity index (χ0v) is 16.5. The fourth-order valence-corrected chi connectivity index (χ4v) is 4.07. The van der Waals surface area contributed by atoms with E-state index in [9.17, 15) is 13.5 Å². The highest BCUT2D eigenvalue weighted by Crippen LogP contribution is 2.26. The van der Waals surface area contributed by atoms with Gasteiger partial charge in [-0.3, -0.25) is 4.40 Å². The predicted octanol–water partition coefficient (Wildman–Crippen LogP) is 3.01. The van der Waals surface area contributed by atoms with E-state index in [0.29, 0.717) is 18.0 Å². The molecule has 29 heavy (non-hydrogen) atoms. The Balaban J connectivity index is 1.61. The van der Waals surface area contributed by atoms with Crippen molar-refractivity contribution < 1.29 is 13.5 Å². The van der Waals surface area contributed by atoms with Gasteiger partial charge >= 0.3 is 0 Å². The van der Waals surface area contributed by atoms with Gasteiger partial charge in [-0.05, 0) is 42.0 Å². The fourth-order valence-electron chi connectivity index (χ4n) is 2.96. The molecule has 0 fully saturated rings. The van der Waals surface area contributed by atoms with E-state index in [1.54, 1.807) is 55.0 Å². The van der Waals surface area contributed by atoms with Crippen molar-refractivity contribution in [1.29, 1.82) is 0 Å². The van der Waals surface area contributed by atoms with E-state index in [1.807, 2.05) is 4.40 Å². The number of nitrogens with two attached hydrogens (primary N) is 1. The van der Waals surface area contributed by atoms with Crippen LogP contribution in [0.5, 0.6) is 5.75 Å². The largest absolute Gasteiger partial charge is 0.508 e. The summed E-state index contributed by atoms with van der Waals surface area (Å²) in [6, 6.07) is 11.4. The molecule has 8 nitrogen and oxygen atoms in total. The molecule has 0 bridgehead atoms. The minimum atomic E-state index is -3.87. The van der Waals surface area contributed by atoms with Gasteiger partial charge in [-0.1, -0.05) is 17.7 Å². The number of halogens is 1. The predicted molar refractivity (Wildman–Crippen MR) is 110 cm³/mol. The monoisotopic (exact) mass is 429 g/mol. The van der Waals surface area contributed by atoms with Crippen LogP contribution in [0.2, 0.25) is 5.02 Å². The number of hydrogen-bond acceptors (Lipinski definition) is 6. The van der Waals surface area contributed by atoms with Crippen molar-refractivity contribution in [2.75, 3.05) is 5.32 Å². The van der Waals surface area contributed by atoms with Crippen LogP contribution in [0.4, 0.5) is 5.82 Å². The maximum atomic E-state index is 11.5. The number of benzene rings is 2. The molecular weight excluding hydrogens is 414 g/mol. The molecule has 0 aliphatic rings. The van der Waals surface area contributed by atoms with Crippen molar-refractivity contribution in [3.05, 3.63) is 71.6 Å². The quantitative estimate of drug-likeness (QED) is 0.448. The number of phenolic OH excluding ortho intramolecular Hbond substituents is 1. The maximum Gasteiger partial charge on any atom is 0.239 e. The smallest absolute Gasteiger partial charge is 0.239 e. The second-order valence-corrected chi connectivity index (χ2v) is 8.26. The molecule has 0 aliphatic carbocycles. The molecule has 2 aromatic heterocycles. The summed E-state index contributed by atoms with van der Waals surface area (Å²) in [7, 11) is -3.87. The molecule has 0 aliphatic heterocycles. The lowest BCUT2D eigenvalue weighted by molar-refractivity contribution is 0.475. The summed E-state index contributed by atoms with van der Waals surface area (Å²) in [4.78, 5) is 8.67. The summed E-state index contributed by atoms with van der Waals surface area (Å²) in [5.41, 5.74) is 3.14. The first-order valence-corrected chi connectivity index (χ1v) is 10.4. The molecule has 0 atom stereocenters. The van der Waals surface area contributed by atoms with Crippen molar-refractivity contribution in [3.8, 4) is 17.0 Å². The first-order chi connectivity index (χ1) is 13.8. The number of hydrogen-bond donors (Lipinski definition) is 3. The van der Waals surface area contributed by atoms with Gasteiger partial charge in [0, 0.05) is 24.5 Å². The van der Waals surface area contributed by atoms with Gasteiger partial charge in [0.2, 0.25) is 10.0 Å². The van der Waals surface area contributed by atoms with E-state index in [4.69, 9.17) is 16.7 Å². The number of imidazole rings is 1. The van der Waals surface area contributed by atoms with E-state index in [-0.39, 0.29) is 15.7 Å². The lowest BCUT2D eigenvalue weighted by atomic mass is 10.1. The van der Waals surface area contributed by atoms with Crippen molar-refractivity contribution in [2.24, 2.45) is 5.14 Å². The second-order valence-electron chi connectivity index (χ2n) is 6.32. The molecular formula is C19H16ClN5O3S. The van der Waals surface area contributed by atoms with Gasteiger partial charge in [0.25, 0.3) is 0 Å². The molecule has 148 valence electrons. The molecule has 0 saturated carbocycles. The molecule has 2 aromatic carbocycles. The highest BCUT2D eigenvalue weighted by molar-refractivity contribution is 7.89. The maximum absolute atomic E-state index is 11.5. The Hall–Kier alpha value is -3.14. The molecule has 4 rings (SSSR count). The minimum absolute atomic E-state index is 0.0633. The van der Waals surface area contributed by atoms with Crippen molar-refractivity contribution in [3.63, 3.8) is 0 Å². The van der Waals surface area contributed by atoms with Crippen LogP contribution in [0.15, 0.2) is 66.0 Å². The molecule has 0 saturated heterocycles. The molecule has 0 amide bonds. The number of aromatic hydroxyl groups is 1.